The molecule has 0 aliphatic rings. The second-order valence-electron chi connectivity index (χ2n) is 10.3. The van der Waals surface area contributed by atoms with Gasteiger partial charge in [-0.25, -0.2) is 15.0 Å². The molecule has 6 rings (SSSR count). The standard InChI is InChI=1S/C32H27N3O2/c1-14-8-10-21-23(12-14)27-28(26(21)33-25-19(6)17(4)16(3)18(5)20(25)7)35-29-30(34-27)32(37)24-13-15(2)9-11-22(24)31(29)36/h8-13H,1-7H3. The molecule has 0 aliphatic carbocycles. The zero-order chi connectivity index (χ0) is 26.3. The molecule has 1 aromatic heterocycles. The van der Waals surface area contributed by atoms with Crippen molar-refractivity contribution in [1.29, 1.82) is 0 Å². The number of rotatable bonds is 1. The van der Waals surface area contributed by atoms with Crippen LogP contribution in [0.25, 0.3) is 43.6 Å². The summed E-state index contributed by atoms with van der Waals surface area (Å²) in [6.45, 7) is 14.5. The van der Waals surface area contributed by atoms with Crippen molar-refractivity contribution in [3.63, 3.8) is 0 Å². The molecule has 182 valence electrons. The van der Waals surface area contributed by atoms with Gasteiger partial charge in [0.2, 0.25) is 10.9 Å². The van der Waals surface area contributed by atoms with Crippen molar-refractivity contribution in [3.05, 3.63) is 101 Å². The maximum atomic E-state index is 13.5. The first-order chi connectivity index (χ1) is 17.6. The molecular weight excluding hydrogens is 458 g/mol. The van der Waals surface area contributed by atoms with Crippen LogP contribution in [0.2, 0.25) is 0 Å². The molecule has 37 heavy (non-hydrogen) atoms. The lowest BCUT2D eigenvalue weighted by Gasteiger charge is -2.15. The summed E-state index contributed by atoms with van der Waals surface area (Å²) >= 11 is 0. The van der Waals surface area contributed by atoms with E-state index in [2.05, 4.69) is 40.7 Å². The van der Waals surface area contributed by atoms with Gasteiger partial charge in [-0.2, -0.15) is 0 Å². The van der Waals surface area contributed by atoms with Crippen molar-refractivity contribution < 1.29 is 0 Å². The first kappa shape index (κ1) is 23.2. The van der Waals surface area contributed by atoms with Gasteiger partial charge in [0.1, 0.15) is 16.6 Å². The molecule has 1 heterocycles. The highest BCUT2D eigenvalue weighted by atomic mass is 16.1. The molecule has 0 spiro atoms. The van der Waals surface area contributed by atoms with Gasteiger partial charge in [-0.1, -0.05) is 29.3 Å². The topological polar surface area (TPSA) is 72.3 Å². The van der Waals surface area contributed by atoms with Crippen molar-refractivity contribution in [2.75, 3.05) is 0 Å². The zero-order valence-corrected chi connectivity index (χ0v) is 22.1. The summed E-state index contributed by atoms with van der Waals surface area (Å²) in [5.74, 6) is 0. The maximum Gasteiger partial charge on any atom is 0.214 e. The summed E-state index contributed by atoms with van der Waals surface area (Å²) in [7, 11) is 0. The van der Waals surface area contributed by atoms with E-state index >= 15 is 0 Å². The van der Waals surface area contributed by atoms with Gasteiger partial charge < -0.3 is 0 Å². The van der Waals surface area contributed by atoms with Gasteiger partial charge in [0, 0.05) is 21.5 Å². The van der Waals surface area contributed by atoms with Crippen molar-refractivity contribution in [3.8, 4) is 0 Å². The van der Waals surface area contributed by atoms with Crippen LogP contribution in [0.3, 0.4) is 0 Å². The average molecular weight is 486 g/mol. The van der Waals surface area contributed by atoms with Crippen LogP contribution in [0.4, 0.5) is 5.69 Å². The van der Waals surface area contributed by atoms with E-state index in [9.17, 15) is 9.59 Å². The Balaban J connectivity index is 1.86. The predicted octanol–water partition coefficient (Wildman–Crippen LogP) is 6.08. The first-order valence-corrected chi connectivity index (χ1v) is 12.5. The van der Waals surface area contributed by atoms with Crippen LogP contribution in [0, 0.1) is 48.5 Å². The van der Waals surface area contributed by atoms with Gasteiger partial charge in [-0.3, -0.25) is 9.59 Å². The summed E-state index contributed by atoms with van der Waals surface area (Å²) in [6.07, 6.45) is 0. The molecule has 5 aromatic carbocycles. The van der Waals surface area contributed by atoms with E-state index in [1.165, 1.54) is 16.7 Å². The Kier molecular flexibility index (Phi) is 4.93. The highest BCUT2D eigenvalue weighted by Crippen LogP contribution is 2.33. The van der Waals surface area contributed by atoms with Gasteiger partial charge in [0.25, 0.3) is 0 Å². The molecule has 0 saturated heterocycles. The van der Waals surface area contributed by atoms with Crippen LogP contribution in [-0.4, -0.2) is 9.97 Å². The van der Waals surface area contributed by atoms with Crippen molar-refractivity contribution in [1.82, 2.24) is 9.97 Å². The van der Waals surface area contributed by atoms with Crippen molar-refractivity contribution in [2.24, 2.45) is 4.99 Å². The Morgan fingerprint density at radius 3 is 1.62 bits per heavy atom. The zero-order valence-electron chi connectivity index (χ0n) is 22.1. The lowest BCUT2D eigenvalue weighted by molar-refractivity contribution is 1.15. The maximum absolute atomic E-state index is 13.5. The van der Waals surface area contributed by atoms with Gasteiger partial charge >= 0.3 is 0 Å². The molecule has 0 N–H and O–H groups in total. The number of hydrogen-bond acceptors (Lipinski definition) is 5. The molecule has 0 amide bonds. The molecular formula is C32H27N3O2. The highest BCUT2D eigenvalue weighted by Gasteiger charge is 2.20. The van der Waals surface area contributed by atoms with Crippen LogP contribution < -0.4 is 16.2 Å². The first-order valence-electron chi connectivity index (χ1n) is 12.5. The summed E-state index contributed by atoms with van der Waals surface area (Å²) in [5, 5.41) is 3.24. The Bertz CT molecular complexity index is 2120. The van der Waals surface area contributed by atoms with E-state index in [0.29, 0.717) is 27.2 Å². The van der Waals surface area contributed by atoms with Crippen LogP contribution in [0.1, 0.15) is 38.9 Å². The fourth-order valence-corrected chi connectivity index (χ4v) is 5.46. The van der Waals surface area contributed by atoms with E-state index in [-0.39, 0.29) is 21.9 Å². The monoisotopic (exact) mass is 485 g/mol. The van der Waals surface area contributed by atoms with Gasteiger partial charge in [0.05, 0.1) is 16.6 Å². The van der Waals surface area contributed by atoms with Crippen LogP contribution in [0.5, 0.6) is 0 Å². The number of benzene rings is 4. The van der Waals surface area contributed by atoms with Crippen LogP contribution >= 0.6 is 0 Å². The third-order valence-electron chi connectivity index (χ3n) is 8.08. The molecule has 0 atom stereocenters. The largest absolute Gasteiger partial charge is 0.287 e. The number of hydrogen-bond donors (Lipinski definition) is 0. The van der Waals surface area contributed by atoms with Gasteiger partial charge in [-0.15, -0.1) is 0 Å². The van der Waals surface area contributed by atoms with E-state index in [1.807, 2.05) is 32.0 Å². The van der Waals surface area contributed by atoms with E-state index in [0.717, 1.165) is 38.7 Å². The van der Waals surface area contributed by atoms with E-state index in [4.69, 9.17) is 15.0 Å². The van der Waals surface area contributed by atoms with Crippen LogP contribution in [-0.2, 0) is 0 Å². The third kappa shape index (κ3) is 3.20. The Morgan fingerprint density at radius 2 is 1.00 bits per heavy atom. The summed E-state index contributed by atoms with van der Waals surface area (Å²) in [5.41, 5.74) is 9.68. The number of aryl methyl sites for hydroxylation is 2. The van der Waals surface area contributed by atoms with Gasteiger partial charge in [-0.05, 0) is 94.5 Å². The quantitative estimate of drug-likeness (QED) is 0.265. The molecule has 0 aliphatic heterocycles. The molecule has 5 nitrogen and oxygen atoms in total. The molecule has 0 unspecified atom stereocenters. The molecule has 0 radical (unpaired) electrons. The molecule has 5 heteroatoms. The second-order valence-corrected chi connectivity index (χ2v) is 10.3. The minimum Gasteiger partial charge on any atom is -0.287 e. The number of nitrogens with zero attached hydrogens (tertiary/aromatic N) is 3. The predicted molar refractivity (Wildman–Crippen MR) is 152 cm³/mol. The average Bonchev–Trinajstić information content (AvgIpc) is 3.18. The summed E-state index contributed by atoms with van der Waals surface area (Å²) in [6, 6.07) is 11.4. The normalized spacial score (nSPS) is 12.6. The van der Waals surface area contributed by atoms with Crippen molar-refractivity contribution in [2.45, 2.75) is 48.5 Å². The van der Waals surface area contributed by atoms with E-state index < -0.39 is 0 Å². The molecule has 6 aromatic rings. The fraction of sp³-hybridized carbons (Fsp3) is 0.219. The molecule has 0 fully saturated rings. The number of aromatic nitrogens is 2. The lowest BCUT2D eigenvalue weighted by atomic mass is 9.93. The summed E-state index contributed by atoms with van der Waals surface area (Å²) in [4.78, 5) is 41.8. The SMILES string of the molecule is Cc1ccc2c(=O)c3nc4c(=Nc5c(C)c(C)c(C)c(C)c5C)c5ccc(C)cc5c4nc3c(=O)c2c1. The minimum atomic E-state index is -0.277. The molecule has 0 bridgehead atoms. The highest BCUT2D eigenvalue weighted by molar-refractivity contribution is 6.10. The minimum absolute atomic E-state index is 0.0991. The lowest BCUT2D eigenvalue weighted by Crippen LogP contribution is -2.16. The molecule has 0 saturated carbocycles. The van der Waals surface area contributed by atoms with Crippen molar-refractivity contribution >= 4 is 49.3 Å². The van der Waals surface area contributed by atoms with Gasteiger partial charge in [0.15, 0.2) is 0 Å². The number of fused-ring (bicyclic) bond motifs is 5. The van der Waals surface area contributed by atoms with Crippen LogP contribution in [0.15, 0.2) is 51.0 Å². The Morgan fingerprint density at radius 1 is 0.514 bits per heavy atom. The smallest absolute Gasteiger partial charge is 0.214 e. The third-order valence-corrected chi connectivity index (χ3v) is 8.08. The summed E-state index contributed by atoms with van der Waals surface area (Å²) < 4.78 is 0. The Labute approximate surface area is 213 Å². The second kappa shape index (κ2) is 7.87. The fourth-order valence-electron chi connectivity index (χ4n) is 5.46. The van der Waals surface area contributed by atoms with E-state index in [1.54, 1.807) is 12.1 Å². The Hall–Kier alpha value is -4.25.